The Kier molecular flexibility index (Phi) is 2.49. The minimum Gasteiger partial charge on any atom is -0.453 e. The molecule has 0 bridgehead atoms. The number of ether oxygens (including phenoxy) is 1. The lowest BCUT2D eigenvalue weighted by molar-refractivity contribution is -0.0264. The van der Waals surface area contributed by atoms with Crippen LogP contribution in [0, 0.1) is 6.92 Å². The van der Waals surface area contributed by atoms with Crippen LogP contribution in [0.3, 0.4) is 0 Å². The lowest BCUT2D eigenvalue weighted by Crippen LogP contribution is -2.43. The number of hydrogen-bond donors (Lipinski definition) is 0. The van der Waals surface area contributed by atoms with E-state index in [4.69, 9.17) is 4.74 Å². The van der Waals surface area contributed by atoms with Gasteiger partial charge in [0.1, 0.15) is 5.60 Å². The Labute approximate surface area is 112 Å². The Hall–Kier alpha value is -2.10. The van der Waals surface area contributed by atoms with Crippen molar-refractivity contribution < 1.29 is 9.53 Å². The fourth-order valence-corrected chi connectivity index (χ4v) is 2.77. The van der Waals surface area contributed by atoms with E-state index in [9.17, 15) is 4.79 Å². The molecular weight excluding hydrogens is 240 g/mol. The van der Waals surface area contributed by atoms with Gasteiger partial charge in [0.15, 0.2) is 0 Å². The highest BCUT2D eigenvalue weighted by Gasteiger charge is 2.42. The van der Waals surface area contributed by atoms with Gasteiger partial charge in [0.05, 0.1) is 17.9 Å². The molecule has 0 saturated carbocycles. The molecule has 4 nitrogen and oxygen atoms in total. The van der Waals surface area contributed by atoms with Crippen LogP contribution >= 0.6 is 0 Å². The fraction of sp³-hybridized carbons (Fsp3) is 0.333. The van der Waals surface area contributed by atoms with Gasteiger partial charge >= 0.3 is 5.97 Å². The third-order valence-electron chi connectivity index (χ3n) is 3.63. The van der Waals surface area contributed by atoms with Crippen molar-refractivity contribution in [1.29, 1.82) is 0 Å². The van der Waals surface area contributed by atoms with Gasteiger partial charge in [-0.05, 0) is 32.4 Å². The molecule has 0 saturated heterocycles. The summed E-state index contributed by atoms with van der Waals surface area (Å²) in [6.07, 6.45) is 3.60. The SMILES string of the molecule is Cc1cncn1C1c2ccccc2C(=O)OC1(C)C. The zero-order valence-electron chi connectivity index (χ0n) is 11.3. The van der Waals surface area contributed by atoms with Crippen molar-refractivity contribution in [3.8, 4) is 0 Å². The van der Waals surface area contributed by atoms with Crippen LogP contribution in [-0.2, 0) is 4.74 Å². The van der Waals surface area contributed by atoms with E-state index >= 15 is 0 Å². The van der Waals surface area contributed by atoms with Crippen molar-refractivity contribution >= 4 is 5.97 Å². The maximum Gasteiger partial charge on any atom is 0.339 e. The first-order valence-electron chi connectivity index (χ1n) is 6.31. The monoisotopic (exact) mass is 256 g/mol. The van der Waals surface area contributed by atoms with Gasteiger partial charge in [0, 0.05) is 11.9 Å². The van der Waals surface area contributed by atoms with Crippen LogP contribution in [0.1, 0.15) is 41.5 Å². The van der Waals surface area contributed by atoms with Crippen LogP contribution in [0.15, 0.2) is 36.8 Å². The van der Waals surface area contributed by atoms with Crippen LogP contribution in [0.4, 0.5) is 0 Å². The Morgan fingerprint density at radius 1 is 1.32 bits per heavy atom. The van der Waals surface area contributed by atoms with Gasteiger partial charge in [-0.3, -0.25) is 0 Å². The predicted molar refractivity (Wildman–Crippen MR) is 71.0 cm³/mol. The topological polar surface area (TPSA) is 44.1 Å². The van der Waals surface area contributed by atoms with Crippen molar-refractivity contribution in [3.05, 3.63) is 53.6 Å². The standard InChI is InChI=1S/C15H16N2O2/c1-10-8-16-9-17(10)13-11-6-4-5-7-12(11)14(18)19-15(13,2)3/h4-9,13H,1-3H3. The van der Waals surface area contributed by atoms with Gasteiger partial charge in [-0.15, -0.1) is 0 Å². The molecule has 0 spiro atoms. The molecule has 1 atom stereocenters. The number of cyclic esters (lactones) is 1. The van der Waals surface area contributed by atoms with Crippen LogP contribution in [0.5, 0.6) is 0 Å². The molecule has 4 heteroatoms. The number of rotatable bonds is 1. The summed E-state index contributed by atoms with van der Waals surface area (Å²) < 4.78 is 7.66. The summed E-state index contributed by atoms with van der Waals surface area (Å²) in [5.74, 6) is -0.255. The normalized spacial score (nSPS) is 20.8. The maximum absolute atomic E-state index is 12.1. The number of aromatic nitrogens is 2. The van der Waals surface area contributed by atoms with Gasteiger partial charge in [-0.25, -0.2) is 9.78 Å². The Bertz CT molecular complexity index is 643. The summed E-state index contributed by atoms with van der Waals surface area (Å²) in [5, 5.41) is 0. The molecule has 19 heavy (non-hydrogen) atoms. The highest BCUT2D eigenvalue weighted by Crippen LogP contribution is 2.40. The van der Waals surface area contributed by atoms with Gasteiger partial charge in [-0.1, -0.05) is 18.2 Å². The first kappa shape index (κ1) is 12.0. The molecule has 2 heterocycles. The lowest BCUT2D eigenvalue weighted by atomic mass is 9.85. The molecule has 0 amide bonds. The van der Waals surface area contributed by atoms with Gasteiger partial charge in [0.25, 0.3) is 0 Å². The second-order valence-electron chi connectivity index (χ2n) is 5.43. The number of carbonyl (C=O) groups excluding carboxylic acids is 1. The van der Waals surface area contributed by atoms with Crippen LogP contribution in [0.2, 0.25) is 0 Å². The van der Waals surface area contributed by atoms with E-state index in [-0.39, 0.29) is 12.0 Å². The summed E-state index contributed by atoms with van der Waals surface area (Å²) in [6, 6.07) is 7.56. The van der Waals surface area contributed by atoms with Crippen molar-refractivity contribution in [1.82, 2.24) is 9.55 Å². The molecule has 3 rings (SSSR count). The number of esters is 1. The molecule has 1 unspecified atom stereocenters. The minimum atomic E-state index is -0.600. The number of fused-ring (bicyclic) bond motifs is 1. The summed E-state index contributed by atoms with van der Waals surface area (Å²) in [6.45, 7) is 5.87. The summed E-state index contributed by atoms with van der Waals surface area (Å²) in [7, 11) is 0. The Morgan fingerprint density at radius 3 is 2.74 bits per heavy atom. The molecule has 1 aromatic carbocycles. The minimum absolute atomic E-state index is 0.0519. The second-order valence-corrected chi connectivity index (χ2v) is 5.43. The van der Waals surface area contributed by atoms with Gasteiger partial charge < -0.3 is 9.30 Å². The molecule has 98 valence electrons. The van der Waals surface area contributed by atoms with E-state index in [2.05, 4.69) is 9.55 Å². The van der Waals surface area contributed by atoms with E-state index in [1.54, 1.807) is 6.33 Å². The average molecular weight is 256 g/mol. The fourth-order valence-electron chi connectivity index (χ4n) is 2.77. The quantitative estimate of drug-likeness (QED) is 0.737. The summed E-state index contributed by atoms with van der Waals surface area (Å²) in [5.41, 5.74) is 2.08. The molecule has 0 fully saturated rings. The molecule has 0 aliphatic carbocycles. The van der Waals surface area contributed by atoms with E-state index in [1.165, 1.54) is 0 Å². The number of aryl methyl sites for hydroxylation is 1. The van der Waals surface area contributed by atoms with E-state index in [0.717, 1.165) is 11.3 Å². The maximum atomic E-state index is 12.1. The van der Waals surface area contributed by atoms with Crippen LogP contribution in [-0.4, -0.2) is 21.1 Å². The highest BCUT2D eigenvalue weighted by atomic mass is 16.6. The molecule has 1 aliphatic heterocycles. The lowest BCUT2D eigenvalue weighted by Gasteiger charge is -2.40. The third-order valence-corrected chi connectivity index (χ3v) is 3.63. The average Bonchev–Trinajstić information content (AvgIpc) is 2.75. The van der Waals surface area contributed by atoms with Crippen molar-refractivity contribution in [2.45, 2.75) is 32.4 Å². The number of benzene rings is 1. The second kappa shape index (κ2) is 3.95. The third kappa shape index (κ3) is 1.75. The van der Waals surface area contributed by atoms with E-state index < -0.39 is 5.60 Å². The zero-order valence-corrected chi connectivity index (χ0v) is 11.3. The van der Waals surface area contributed by atoms with Crippen LogP contribution in [0.25, 0.3) is 0 Å². The molecule has 1 aromatic heterocycles. The first-order chi connectivity index (χ1) is 9.00. The Morgan fingerprint density at radius 2 is 2.05 bits per heavy atom. The number of hydrogen-bond acceptors (Lipinski definition) is 3. The number of carbonyl (C=O) groups is 1. The van der Waals surface area contributed by atoms with E-state index in [1.807, 2.05) is 51.2 Å². The van der Waals surface area contributed by atoms with Gasteiger partial charge in [-0.2, -0.15) is 0 Å². The summed E-state index contributed by atoms with van der Waals surface area (Å²) in [4.78, 5) is 16.2. The first-order valence-corrected chi connectivity index (χ1v) is 6.31. The van der Waals surface area contributed by atoms with Crippen molar-refractivity contribution in [3.63, 3.8) is 0 Å². The smallest absolute Gasteiger partial charge is 0.339 e. The summed E-state index contributed by atoms with van der Waals surface area (Å²) >= 11 is 0. The highest BCUT2D eigenvalue weighted by molar-refractivity contribution is 5.92. The van der Waals surface area contributed by atoms with Crippen molar-refractivity contribution in [2.24, 2.45) is 0 Å². The molecule has 0 radical (unpaired) electrons. The van der Waals surface area contributed by atoms with Gasteiger partial charge in [0.2, 0.25) is 0 Å². The molecule has 0 N–H and O–H groups in total. The number of nitrogens with zero attached hydrogens (tertiary/aromatic N) is 2. The largest absolute Gasteiger partial charge is 0.453 e. The molecule has 1 aliphatic rings. The number of imidazole rings is 1. The van der Waals surface area contributed by atoms with Crippen molar-refractivity contribution in [2.75, 3.05) is 0 Å². The molecule has 2 aromatic rings. The predicted octanol–water partition coefficient (Wildman–Crippen LogP) is 2.73. The molecular formula is C15H16N2O2. The zero-order chi connectivity index (χ0) is 13.6. The Balaban J connectivity index is 2.24. The van der Waals surface area contributed by atoms with E-state index in [0.29, 0.717) is 5.56 Å². The van der Waals surface area contributed by atoms with Crippen LogP contribution < -0.4 is 0 Å².